The summed E-state index contributed by atoms with van der Waals surface area (Å²) in [6, 6.07) is 0.0389. The number of carboxylic acid groups (broad SMARTS) is 1. The van der Waals surface area contributed by atoms with E-state index in [-0.39, 0.29) is 30.1 Å². The number of nitrogens with one attached hydrogen (secondary N) is 1. The Labute approximate surface area is 115 Å². The molecule has 0 spiro atoms. The van der Waals surface area contributed by atoms with E-state index in [2.05, 4.69) is 5.32 Å². The minimum atomic E-state index is -0.768. The number of carbonyl (C=O) groups is 2. The van der Waals surface area contributed by atoms with Crippen LogP contribution < -0.4 is 5.32 Å². The molecular formula is C14H27NO4. The van der Waals surface area contributed by atoms with Crippen molar-refractivity contribution < 1.29 is 19.4 Å². The second-order valence-electron chi connectivity index (χ2n) is 6.04. The van der Waals surface area contributed by atoms with Crippen molar-refractivity contribution in [1.82, 2.24) is 5.32 Å². The average Bonchev–Trinajstić information content (AvgIpc) is 2.25. The highest BCUT2D eigenvalue weighted by Gasteiger charge is 2.15. The van der Waals surface area contributed by atoms with Gasteiger partial charge in [-0.15, -0.1) is 0 Å². The van der Waals surface area contributed by atoms with Crippen molar-refractivity contribution >= 4 is 11.9 Å². The lowest BCUT2D eigenvalue weighted by molar-refractivity contribution is -0.141. The van der Waals surface area contributed by atoms with Gasteiger partial charge in [0.05, 0.1) is 11.5 Å². The van der Waals surface area contributed by atoms with Crippen molar-refractivity contribution in [3.05, 3.63) is 0 Å². The Morgan fingerprint density at radius 3 is 2.26 bits per heavy atom. The molecule has 0 aliphatic heterocycles. The van der Waals surface area contributed by atoms with E-state index < -0.39 is 5.97 Å². The Balaban J connectivity index is 3.77. The Morgan fingerprint density at radius 1 is 1.21 bits per heavy atom. The van der Waals surface area contributed by atoms with Crippen molar-refractivity contribution in [3.63, 3.8) is 0 Å². The van der Waals surface area contributed by atoms with Gasteiger partial charge in [0.15, 0.2) is 0 Å². The molecule has 0 aliphatic rings. The van der Waals surface area contributed by atoms with E-state index in [4.69, 9.17) is 9.84 Å². The highest BCUT2D eigenvalue weighted by molar-refractivity contribution is 5.77. The van der Waals surface area contributed by atoms with Gasteiger partial charge in [0.2, 0.25) is 5.91 Å². The fraction of sp³-hybridized carbons (Fsp3) is 0.857. The zero-order chi connectivity index (χ0) is 15.1. The SMILES string of the molecule is CC(CCCC(C)C(=O)O)NC(=O)COC(C)(C)C. The molecule has 1 amide bonds. The smallest absolute Gasteiger partial charge is 0.306 e. The number of hydrogen-bond acceptors (Lipinski definition) is 3. The predicted octanol–water partition coefficient (Wildman–Crippen LogP) is 2.20. The maximum atomic E-state index is 11.6. The number of amides is 1. The van der Waals surface area contributed by atoms with Gasteiger partial charge in [-0.1, -0.05) is 13.3 Å². The Hall–Kier alpha value is -1.10. The van der Waals surface area contributed by atoms with Gasteiger partial charge >= 0.3 is 5.97 Å². The molecule has 5 heteroatoms. The van der Waals surface area contributed by atoms with E-state index >= 15 is 0 Å². The van der Waals surface area contributed by atoms with Crippen LogP contribution in [0.2, 0.25) is 0 Å². The van der Waals surface area contributed by atoms with Crippen LogP contribution in [0.25, 0.3) is 0 Å². The number of aliphatic carboxylic acids is 1. The second kappa shape index (κ2) is 8.15. The first-order valence-electron chi connectivity index (χ1n) is 6.78. The Bertz CT molecular complexity index is 296. The van der Waals surface area contributed by atoms with Gasteiger partial charge < -0.3 is 15.2 Å². The van der Waals surface area contributed by atoms with Gasteiger partial charge in [-0.05, 0) is 40.5 Å². The molecule has 2 N–H and O–H groups in total. The van der Waals surface area contributed by atoms with Crippen LogP contribution in [0.5, 0.6) is 0 Å². The molecule has 112 valence electrons. The maximum Gasteiger partial charge on any atom is 0.306 e. The molecule has 0 aliphatic carbocycles. The predicted molar refractivity (Wildman–Crippen MR) is 74.0 cm³/mol. The quantitative estimate of drug-likeness (QED) is 0.711. The summed E-state index contributed by atoms with van der Waals surface area (Å²) >= 11 is 0. The van der Waals surface area contributed by atoms with E-state index in [9.17, 15) is 9.59 Å². The van der Waals surface area contributed by atoms with E-state index in [1.54, 1.807) is 6.92 Å². The summed E-state index contributed by atoms with van der Waals surface area (Å²) in [6.45, 7) is 9.37. The zero-order valence-electron chi connectivity index (χ0n) is 12.7. The number of ether oxygens (including phenoxy) is 1. The molecule has 5 nitrogen and oxygen atoms in total. The lowest BCUT2D eigenvalue weighted by atomic mass is 10.0. The summed E-state index contributed by atoms with van der Waals surface area (Å²) in [7, 11) is 0. The molecular weight excluding hydrogens is 246 g/mol. The normalized spacial score (nSPS) is 14.8. The number of carboxylic acids is 1. The molecule has 0 saturated carbocycles. The fourth-order valence-electron chi connectivity index (χ4n) is 1.52. The Kier molecular flexibility index (Phi) is 7.68. The van der Waals surface area contributed by atoms with Gasteiger partial charge in [0.25, 0.3) is 0 Å². The minimum absolute atomic E-state index is 0.0389. The molecule has 0 bridgehead atoms. The molecule has 2 atom stereocenters. The fourth-order valence-corrected chi connectivity index (χ4v) is 1.52. The van der Waals surface area contributed by atoms with Crippen molar-refractivity contribution in [1.29, 1.82) is 0 Å². The molecule has 0 heterocycles. The summed E-state index contributed by atoms with van der Waals surface area (Å²) < 4.78 is 5.38. The van der Waals surface area contributed by atoms with Gasteiger partial charge in [-0.3, -0.25) is 9.59 Å². The van der Waals surface area contributed by atoms with Gasteiger partial charge in [-0.25, -0.2) is 0 Å². The summed E-state index contributed by atoms with van der Waals surface area (Å²) in [5, 5.41) is 11.6. The number of carbonyl (C=O) groups excluding carboxylic acids is 1. The molecule has 0 aromatic carbocycles. The lowest BCUT2D eigenvalue weighted by Crippen LogP contribution is -2.37. The van der Waals surface area contributed by atoms with Crippen LogP contribution in [-0.2, 0) is 14.3 Å². The van der Waals surface area contributed by atoms with Gasteiger partial charge in [-0.2, -0.15) is 0 Å². The van der Waals surface area contributed by atoms with Crippen LogP contribution in [0.1, 0.15) is 53.9 Å². The van der Waals surface area contributed by atoms with Crippen LogP contribution in [0.3, 0.4) is 0 Å². The lowest BCUT2D eigenvalue weighted by Gasteiger charge is -2.20. The van der Waals surface area contributed by atoms with Crippen LogP contribution in [0.15, 0.2) is 0 Å². The largest absolute Gasteiger partial charge is 0.481 e. The van der Waals surface area contributed by atoms with E-state index in [1.807, 2.05) is 27.7 Å². The maximum absolute atomic E-state index is 11.6. The first-order valence-corrected chi connectivity index (χ1v) is 6.78. The zero-order valence-corrected chi connectivity index (χ0v) is 12.7. The molecule has 0 radical (unpaired) electrons. The van der Waals surface area contributed by atoms with Crippen LogP contribution in [0, 0.1) is 5.92 Å². The van der Waals surface area contributed by atoms with Crippen molar-refractivity contribution in [2.75, 3.05) is 6.61 Å². The van der Waals surface area contributed by atoms with E-state index in [0.29, 0.717) is 6.42 Å². The monoisotopic (exact) mass is 273 g/mol. The van der Waals surface area contributed by atoms with E-state index in [0.717, 1.165) is 12.8 Å². The molecule has 2 unspecified atom stereocenters. The van der Waals surface area contributed by atoms with Crippen molar-refractivity contribution in [3.8, 4) is 0 Å². The molecule has 0 rings (SSSR count). The molecule has 0 fully saturated rings. The molecule has 0 aromatic heterocycles. The standard InChI is InChI=1S/C14H27NO4/c1-10(13(17)18)7-6-8-11(2)15-12(16)9-19-14(3,4)5/h10-11H,6-9H2,1-5H3,(H,15,16)(H,17,18). The van der Waals surface area contributed by atoms with Gasteiger partial charge in [0.1, 0.15) is 6.61 Å². The minimum Gasteiger partial charge on any atom is -0.481 e. The highest BCUT2D eigenvalue weighted by Crippen LogP contribution is 2.10. The second-order valence-corrected chi connectivity index (χ2v) is 6.04. The summed E-state index contributed by atoms with van der Waals surface area (Å²) in [6.07, 6.45) is 2.20. The third kappa shape index (κ3) is 10.5. The van der Waals surface area contributed by atoms with Crippen molar-refractivity contribution in [2.45, 2.75) is 65.5 Å². The van der Waals surface area contributed by atoms with E-state index in [1.165, 1.54) is 0 Å². The van der Waals surface area contributed by atoms with Gasteiger partial charge in [0, 0.05) is 6.04 Å². The van der Waals surface area contributed by atoms with Crippen LogP contribution in [-0.4, -0.2) is 35.2 Å². The summed E-state index contributed by atoms with van der Waals surface area (Å²) in [4.78, 5) is 22.2. The first-order chi connectivity index (χ1) is 8.61. The number of hydrogen-bond donors (Lipinski definition) is 2. The summed E-state index contributed by atoms with van der Waals surface area (Å²) in [5.41, 5.74) is -0.322. The third-order valence-corrected chi connectivity index (χ3v) is 2.74. The molecule has 0 aromatic rings. The van der Waals surface area contributed by atoms with Crippen molar-refractivity contribution in [2.24, 2.45) is 5.92 Å². The molecule has 0 saturated heterocycles. The highest BCUT2D eigenvalue weighted by atomic mass is 16.5. The molecule has 19 heavy (non-hydrogen) atoms. The van der Waals surface area contributed by atoms with Crippen LogP contribution in [0.4, 0.5) is 0 Å². The number of rotatable bonds is 8. The topological polar surface area (TPSA) is 75.6 Å². The van der Waals surface area contributed by atoms with Crippen LogP contribution >= 0.6 is 0 Å². The first kappa shape index (κ1) is 17.9. The average molecular weight is 273 g/mol. The summed E-state index contributed by atoms with van der Waals surface area (Å²) in [5.74, 6) is -1.23. The third-order valence-electron chi connectivity index (χ3n) is 2.74. The Morgan fingerprint density at radius 2 is 1.79 bits per heavy atom.